The molecule has 4 nitrogen and oxygen atoms in total. The van der Waals surface area contributed by atoms with Crippen molar-refractivity contribution in [2.45, 2.75) is 26.3 Å². The van der Waals surface area contributed by atoms with E-state index in [2.05, 4.69) is 10.3 Å². The Morgan fingerprint density at radius 1 is 1.56 bits per heavy atom. The van der Waals surface area contributed by atoms with Gasteiger partial charge in [-0.2, -0.15) is 0 Å². The second-order valence-corrected chi connectivity index (χ2v) is 3.99. The van der Waals surface area contributed by atoms with Gasteiger partial charge in [-0.3, -0.25) is 4.79 Å². The van der Waals surface area contributed by atoms with Crippen LogP contribution in [0.25, 0.3) is 0 Å². The number of hydrogen-bond donors (Lipinski definition) is 2. The minimum atomic E-state index is 0. The molecule has 3 N–H and O–H groups in total. The summed E-state index contributed by atoms with van der Waals surface area (Å²) < 4.78 is 0. The van der Waals surface area contributed by atoms with E-state index in [4.69, 9.17) is 5.73 Å². The van der Waals surface area contributed by atoms with E-state index in [1.54, 1.807) is 11.3 Å². The number of nitrogens with one attached hydrogen (secondary N) is 1. The van der Waals surface area contributed by atoms with Crippen LogP contribution in [0.3, 0.4) is 0 Å². The van der Waals surface area contributed by atoms with Gasteiger partial charge < -0.3 is 11.1 Å². The number of aromatic nitrogens is 1. The van der Waals surface area contributed by atoms with Gasteiger partial charge >= 0.3 is 0 Å². The summed E-state index contributed by atoms with van der Waals surface area (Å²) in [6, 6.07) is 0. The number of nitrogens with two attached hydrogens (primary N) is 1. The number of carbonyl (C=O) groups excluding carboxylic acids is 1. The second kappa shape index (κ2) is 9.84. The lowest BCUT2D eigenvalue weighted by molar-refractivity contribution is -0.121. The fourth-order valence-corrected chi connectivity index (χ4v) is 1.72. The molecule has 0 atom stereocenters. The number of hydrogen-bond acceptors (Lipinski definition) is 4. The van der Waals surface area contributed by atoms with E-state index in [0.717, 1.165) is 17.1 Å². The topological polar surface area (TPSA) is 68.0 Å². The van der Waals surface area contributed by atoms with Crippen molar-refractivity contribution < 1.29 is 4.79 Å². The number of aryl methyl sites for hydroxylation is 1. The first-order chi connectivity index (χ1) is 6.72. The maximum absolute atomic E-state index is 11.2. The molecule has 1 aromatic heterocycles. The van der Waals surface area contributed by atoms with Gasteiger partial charge in [-0.15, -0.1) is 36.2 Å². The zero-order valence-corrected chi connectivity index (χ0v) is 11.5. The van der Waals surface area contributed by atoms with Gasteiger partial charge in [0.15, 0.2) is 0 Å². The molecule has 0 aliphatic heterocycles. The first-order valence-corrected chi connectivity index (χ1v) is 5.48. The van der Waals surface area contributed by atoms with Crippen LogP contribution >= 0.6 is 36.2 Å². The molecule has 0 radical (unpaired) electrons. The molecule has 1 amide bonds. The lowest BCUT2D eigenvalue weighted by atomic mass is 10.3. The molecule has 0 bridgehead atoms. The molecule has 0 aromatic carbocycles. The van der Waals surface area contributed by atoms with Gasteiger partial charge in [-0.05, 0) is 19.9 Å². The molecule has 94 valence electrons. The summed E-state index contributed by atoms with van der Waals surface area (Å²) in [4.78, 5) is 15.4. The van der Waals surface area contributed by atoms with E-state index in [-0.39, 0.29) is 30.7 Å². The fourth-order valence-electron chi connectivity index (χ4n) is 1.01. The van der Waals surface area contributed by atoms with Crippen molar-refractivity contribution in [3.8, 4) is 0 Å². The van der Waals surface area contributed by atoms with E-state index in [9.17, 15) is 4.79 Å². The maximum Gasteiger partial charge on any atom is 0.220 e. The molecule has 16 heavy (non-hydrogen) atoms. The highest BCUT2D eigenvalue weighted by Crippen LogP contribution is 2.07. The Morgan fingerprint density at radius 2 is 2.25 bits per heavy atom. The number of nitrogens with zero attached hydrogens (tertiary/aromatic N) is 1. The maximum atomic E-state index is 11.2. The van der Waals surface area contributed by atoms with E-state index >= 15 is 0 Å². The van der Waals surface area contributed by atoms with Gasteiger partial charge in [0.2, 0.25) is 5.91 Å². The van der Waals surface area contributed by atoms with Crippen molar-refractivity contribution >= 4 is 42.1 Å². The number of thiazole rings is 1. The predicted molar refractivity (Wildman–Crippen MR) is 71.5 cm³/mol. The minimum Gasteiger partial charge on any atom is -0.350 e. The zero-order chi connectivity index (χ0) is 10.4. The molecule has 0 saturated carbocycles. The summed E-state index contributed by atoms with van der Waals surface area (Å²) in [6.45, 7) is 3.03. The van der Waals surface area contributed by atoms with Crippen molar-refractivity contribution in [1.29, 1.82) is 0 Å². The third-order valence-corrected chi connectivity index (χ3v) is 2.68. The van der Waals surface area contributed by atoms with Gasteiger partial charge in [-0.25, -0.2) is 4.98 Å². The van der Waals surface area contributed by atoms with Gasteiger partial charge in [0.1, 0.15) is 5.01 Å². The first kappa shape index (κ1) is 18.0. The summed E-state index contributed by atoms with van der Waals surface area (Å²) >= 11 is 1.56. The van der Waals surface area contributed by atoms with E-state index in [0.29, 0.717) is 19.5 Å². The molecule has 0 aliphatic carbocycles. The minimum absolute atomic E-state index is 0. The van der Waals surface area contributed by atoms with E-state index in [1.165, 1.54) is 0 Å². The zero-order valence-electron chi connectivity index (χ0n) is 9.06. The van der Waals surface area contributed by atoms with Crippen molar-refractivity contribution in [1.82, 2.24) is 10.3 Å². The Labute approximate surface area is 112 Å². The normalized spacial score (nSPS) is 8.88. The number of halogens is 2. The smallest absolute Gasteiger partial charge is 0.220 e. The van der Waals surface area contributed by atoms with Crippen LogP contribution in [0.1, 0.15) is 23.5 Å². The molecule has 0 saturated heterocycles. The largest absolute Gasteiger partial charge is 0.350 e. The fraction of sp³-hybridized carbons (Fsp3) is 0.556. The molecule has 0 fully saturated rings. The van der Waals surface area contributed by atoms with E-state index < -0.39 is 0 Å². The van der Waals surface area contributed by atoms with Gasteiger partial charge in [0.05, 0.1) is 6.54 Å². The first-order valence-electron chi connectivity index (χ1n) is 4.60. The average Bonchev–Trinajstić information content (AvgIpc) is 2.58. The molecule has 0 aliphatic rings. The Balaban J connectivity index is 0. The van der Waals surface area contributed by atoms with Gasteiger partial charge in [-0.1, -0.05) is 0 Å². The number of carbonyl (C=O) groups is 1. The highest BCUT2D eigenvalue weighted by Gasteiger charge is 2.02. The molecule has 7 heteroatoms. The van der Waals surface area contributed by atoms with Crippen LogP contribution < -0.4 is 11.1 Å². The second-order valence-electron chi connectivity index (χ2n) is 3.05. The quantitative estimate of drug-likeness (QED) is 0.865. The number of rotatable bonds is 5. The lowest BCUT2D eigenvalue weighted by Crippen LogP contribution is -2.23. The van der Waals surface area contributed by atoms with Crippen LogP contribution in [-0.2, 0) is 11.3 Å². The summed E-state index contributed by atoms with van der Waals surface area (Å²) in [6.07, 6.45) is 1.24. The van der Waals surface area contributed by atoms with Crippen LogP contribution in [0.4, 0.5) is 0 Å². The van der Waals surface area contributed by atoms with Gasteiger partial charge in [0, 0.05) is 17.5 Å². The molecule has 0 spiro atoms. The Bertz CT molecular complexity index is 307. The SMILES string of the molecule is Cc1csc(CNC(=O)CCCN)n1.Cl.Cl. The summed E-state index contributed by atoms with van der Waals surface area (Å²) in [7, 11) is 0. The number of amides is 1. The predicted octanol–water partition coefficient (Wildman–Crippen LogP) is 1.65. The Hall–Kier alpha value is -0.360. The highest BCUT2D eigenvalue weighted by molar-refractivity contribution is 7.09. The lowest BCUT2D eigenvalue weighted by Gasteiger charge is -2.01. The molecule has 1 aromatic rings. The van der Waals surface area contributed by atoms with Crippen molar-refractivity contribution in [2.75, 3.05) is 6.54 Å². The Morgan fingerprint density at radius 3 is 2.75 bits per heavy atom. The van der Waals surface area contributed by atoms with Crippen molar-refractivity contribution in [3.05, 3.63) is 16.1 Å². The summed E-state index contributed by atoms with van der Waals surface area (Å²) in [5.74, 6) is 0.0447. The monoisotopic (exact) mass is 285 g/mol. The molecular weight excluding hydrogens is 269 g/mol. The standard InChI is InChI=1S/C9H15N3OS.2ClH/c1-7-6-14-9(12-7)5-11-8(13)3-2-4-10;;/h6H,2-5,10H2,1H3,(H,11,13);2*1H. The average molecular weight is 286 g/mol. The Kier molecular flexibility index (Phi) is 11.1. The van der Waals surface area contributed by atoms with Crippen molar-refractivity contribution in [3.63, 3.8) is 0 Å². The molecule has 0 unspecified atom stereocenters. The van der Waals surface area contributed by atoms with Crippen LogP contribution in [0.5, 0.6) is 0 Å². The summed E-state index contributed by atoms with van der Waals surface area (Å²) in [5.41, 5.74) is 6.30. The van der Waals surface area contributed by atoms with Gasteiger partial charge in [0.25, 0.3) is 0 Å². The molecule has 1 rings (SSSR count). The van der Waals surface area contributed by atoms with Crippen LogP contribution in [0.2, 0.25) is 0 Å². The highest BCUT2D eigenvalue weighted by atomic mass is 35.5. The molecule has 1 heterocycles. The summed E-state index contributed by atoms with van der Waals surface area (Å²) in [5, 5.41) is 5.72. The van der Waals surface area contributed by atoms with Crippen molar-refractivity contribution in [2.24, 2.45) is 5.73 Å². The van der Waals surface area contributed by atoms with E-state index in [1.807, 2.05) is 12.3 Å². The van der Waals surface area contributed by atoms with Crippen LogP contribution in [0, 0.1) is 6.92 Å². The molecular formula is C9H17Cl2N3OS. The van der Waals surface area contributed by atoms with Crippen LogP contribution in [0.15, 0.2) is 5.38 Å². The third-order valence-electron chi connectivity index (χ3n) is 1.71. The third kappa shape index (κ3) is 7.00. The van der Waals surface area contributed by atoms with Crippen LogP contribution in [-0.4, -0.2) is 17.4 Å².